The van der Waals surface area contributed by atoms with Crippen molar-refractivity contribution >= 4 is 40.9 Å². The number of amides is 3. The van der Waals surface area contributed by atoms with Crippen LogP contribution in [0.15, 0.2) is 53.4 Å². The summed E-state index contributed by atoms with van der Waals surface area (Å²) in [4.78, 5) is 38.7. The van der Waals surface area contributed by atoms with E-state index in [-0.39, 0.29) is 29.5 Å². The minimum atomic E-state index is -0.517. The highest BCUT2D eigenvalue weighted by Gasteiger charge is 2.21. The number of hydrogen-bond donors (Lipinski definition) is 3. The van der Waals surface area contributed by atoms with Crippen LogP contribution in [0.2, 0.25) is 0 Å². The maximum absolute atomic E-state index is 13.0. The lowest BCUT2D eigenvalue weighted by molar-refractivity contribution is -0.123. The SMILES string of the molecule is CC(C)(C)C(=O)Nc1cccc(NC(=O)c2ccccc2SCC(=O)NC2CCCCCCC2)c1. The molecular formula is C28H37N3O3S. The quantitative estimate of drug-likeness (QED) is 0.397. The molecule has 2 aromatic rings. The number of carbonyl (C=O) groups is 3. The van der Waals surface area contributed by atoms with Gasteiger partial charge in [0, 0.05) is 27.7 Å². The summed E-state index contributed by atoms with van der Waals surface area (Å²) in [7, 11) is 0. The van der Waals surface area contributed by atoms with E-state index in [9.17, 15) is 14.4 Å². The Bertz CT molecular complexity index is 1020. The van der Waals surface area contributed by atoms with Crippen LogP contribution in [0.25, 0.3) is 0 Å². The summed E-state index contributed by atoms with van der Waals surface area (Å²) >= 11 is 1.38. The van der Waals surface area contributed by atoms with E-state index in [0.29, 0.717) is 16.9 Å². The topological polar surface area (TPSA) is 87.3 Å². The molecule has 3 N–H and O–H groups in total. The zero-order valence-electron chi connectivity index (χ0n) is 21.0. The smallest absolute Gasteiger partial charge is 0.256 e. The molecule has 0 atom stereocenters. The van der Waals surface area contributed by atoms with Crippen LogP contribution in [0.3, 0.4) is 0 Å². The maximum atomic E-state index is 13.0. The standard InChI is InChI=1S/C28H37N3O3S/c1-28(2,3)27(34)31-22-15-11-14-21(18-22)30-26(33)23-16-9-10-17-24(23)35-19-25(32)29-20-12-7-5-4-6-8-13-20/h9-11,14-18,20H,4-8,12-13,19H2,1-3H3,(H,29,32)(H,30,33)(H,31,34). The Labute approximate surface area is 213 Å². The number of carbonyl (C=O) groups excluding carboxylic acids is 3. The number of nitrogens with one attached hydrogen (secondary N) is 3. The van der Waals surface area contributed by atoms with Gasteiger partial charge in [0.15, 0.2) is 0 Å². The highest BCUT2D eigenvalue weighted by Crippen LogP contribution is 2.25. The van der Waals surface area contributed by atoms with Crippen LogP contribution in [0.1, 0.15) is 76.1 Å². The third-order valence-corrected chi connectivity index (χ3v) is 7.09. The van der Waals surface area contributed by atoms with E-state index in [1.54, 1.807) is 30.3 Å². The minimum absolute atomic E-state index is 0.0121. The molecule has 7 heteroatoms. The molecule has 6 nitrogen and oxygen atoms in total. The third-order valence-electron chi connectivity index (χ3n) is 6.02. The van der Waals surface area contributed by atoms with E-state index < -0.39 is 5.41 Å². The fourth-order valence-corrected chi connectivity index (χ4v) is 4.85. The van der Waals surface area contributed by atoms with Crippen molar-refractivity contribution in [2.75, 3.05) is 16.4 Å². The van der Waals surface area contributed by atoms with E-state index in [1.807, 2.05) is 39.0 Å². The van der Waals surface area contributed by atoms with Gasteiger partial charge < -0.3 is 16.0 Å². The zero-order chi connectivity index (χ0) is 25.3. The van der Waals surface area contributed by atoms with Crippen molar-refractivity contribution in [1.82, 2.24) is 5.32 Å². The van der Waals surface area contributed by atoms with E-state index >= 15 is 0 Å². The van der Waals surface area contributed by atoms with Crippen LogP contribution in [0.4, 0.5) is 11.4 Å². The van der Waals surface area contributed by atoms with Crippen molar-refractivity contribution in [2.24, 2.45) is 5.41 Å². The Kier molecular flexibility index (Phi) is 9.78. The van der Waals surface area contributed by atoms with Gasteiger partial charge in [0.2, 0.25) is 11.8 Å². The molecule has 188 valence electrons. The first-order valence-electron chi connectivity index (χ1n) is 12.5. The molecule has 0 saturated heterocycles. The van der Waals surface area contributed by atoms with Crippen LogP contribution in [0.5, 0.6) is 0 Å². The molecule has 1 saturated carbocycles. The van der Waals surface area contributed by atoms with E-state index in [0.717, 1.165) is 17.7 Å². The second kappa shape index (κ2) is 12.8. The Hall–Kier alpha value is -2.80. The highest BCUT2D eigenvalue weighted by molar-refractivity contribution is 8.00. The summed E-state index contributed by atoms with van der Waals surface area (Å²) in [6, 6.07) is 14.7. The van der Waals surface area contributed by atoms with Crippen molar-refractivity contribution in [3.8, 4) is 0 Å². The van der Waals surface area contributed by atoms with Gasteiger partial charge in [-0.3, -0.25) is 14.4 Å². The van der Waals surface area contributed by atoms with Crippen LogP contribution in [-0.2, 0) is 9.59 Å². The van der Waals surface area contributed by atoms with Crippen molar-refractivity contribution in [3.05, 3.63) is 54.1 Å². The van der Waals surface area contributed by atoms with Gasteiger partial charge in [0.25, 0.3) is 5.91 Å². The summed E-state index contributed by atoms with van der Waals surface area (Å²) < 4.78 is 0. The van der Waals surface area contributed by atoms with E-state index in [1.165, 1.54) is 43.9 Å². The Morgan fingerprint density at radius 2 is 1.49 bits per heavy atom. The first-order chi connectivity index (χ1) is 16.7. The summed E-state index contributed by atoms with van der Waals surface area (Å²) in [6.45, 7) is 5.54. The van der Waals surface area contributed by atoms with Gasteiger partial charge in [0.1, 0.15) is 0 Å². The van der Waals surface area contributed by atoms with Crippen molar-refractivity contribution in [3.63, 3.8) is 0 Å². The second-order valence-corrected chi connectivity index (χ2v) is 11.2. The first-order valence-corrected chi connectivity index (χ1v) is 13.4. The predicted molar refractivity (Wildman–Crippen MR) is 144 cm³/mol. The van der Waals surface area contributed by atoms with Gasteiger partial charge in [-0.1, -0.05) is 71.1 Å². The number of benzene rings is 2. The molecular weight excluding hydrogens is 458 g/mol. The molecule has 2 aromatic carbocycles. The summed E-state index contributed by atoms with van der Waals surface area (Å²) in [6.07, 6.45) is 8.22. The summed E-state index contributed by atoms with van der Waals surface area (Å²) in [5, 5.41) is 8.98. The van der Waals surface area contributed by atoms with Crippen LogP contribution >= 0.6 is 11.8 Å². The lowest BCUT2D eigenvalue weighted by Crippen LogP contribution is -2.36. The normalized spacial score (nSPS) is 14.9. The van der Waals surface area contributed by atoms with Crippen LogP contribution < -0.4 is 16.0 Å². The number of thioether (sulfide) groups is 1. The highest BCUT2D eigenvalue weighted by atomic mass is 32.2. The molecule has 0 radical (unpaired) electrons. The van der Waals surface area contributed by atoms with E-state index in [4.69, 9.17) is 0 Å². The Balaban J connectivity index is 1.59. The predicted octanol–water partition coefficient (Wildman–Crippen LogP) is 6.24. The first kappa shape index (κ1) is 26.8. The lowest BCUT2D eigenvalue weighted by atomic mass is 9.95. The molecule has 0 heterocycles. The molecule has 1 aliphatic carbocycles. The summed E-state index contributed by atoms with van der Waals surface area (Å²) in [5.74, 6) is -0.0685. The van der Waals surface area contributed by atoms with Gasteiger partial charge in [-0.25, -0.2) is 0 Å². The van der Waals surface area contributed by atoms with Gasteiger partial charge >= 0.3 is 0 Å². The minimum Gasteiger partial charge on any atom is -0.353 e. The third kappa shape index (κ3) is 8.73. The number of anilines is 2. The molecule has 0 aliphatic heterocycles. The molecule has 35 heavy (non-hydrogen) atoms. The number of rotatable bonds is 7. The molecule has 0 bridgehead atoms. The molecule has 1 aliphatic rings. The molecule has 3 amide bonds. The Morgan fingerprint density at radius 1 is 0.857 bits per heavy atom. The molecule has 0 unspecified atom stereocenters. The molecule has 1 fully saturated rings. The van der Waals surface area contributed by atoms with Crippen molar-refractivity contribution in [1.29, 1.82) is 0 Å². The average molecular weight is 496 g/mol. The van der Waals surface area contributed by atoms with Gasteiger partial charge in [-0.2, -0.15) is 0 Å². The Morgan fingerprint density at radius 3 is 2.17 bits per heavy atom. The summed E-state index contributed by atoms with van der Waals surface area (Å²) in [5.41, 5.74) is 1.21. The fraction of sp³-hybridized carbons (Fsp3) is 0.464. The lowest BCUT2D eigenvalue weighted by Gasteiger charge is -2.21. The maximum Gasteiger partial charge on any atom is 0.256 e. The zero-order valence-corrected chi connectivity index (χ0v) is 21.8. The van der Waals surface area contributed by atoms with Gasteiger partial charge in [0.05, 0.1) is 11.3 Å². The van der Waals surface area contributed by atoms with Crippen molar-refractivity contribution in [2.45, 2.75) is 76.7 Å². The molecule has 0 aromatic heterocycles. The van der Waals surface area contributed by atoms with Crippen LogP contribution in [-0.4, -0.2) is 29.5 Å². The largest absolute Gasteiger partial charge is 0.353 e. The molecule has 0 spiro atoms. The fourth-order valence-electron chi connectivity index (χ4n) is 3.98. The monoisotopic (exact) mass is 495 g/mol. The average Bonchev–Trinajstić information content (AvgIpc) is 2.79. The van der Waals surface area contributed by atoms with Gasteiger partial charge in [-0.15, -0.1) is 11.8 Å². The van der Waals surface area contributed by atoms with Gasteiger partial charge in [-0.05, 0) is 43.2 Å². The molecule has 3 rings (SSSR count). The number of hydrogen-bond acceptors (Lipinski definition) is 4. The van der Waals surface area contributed by atoms with Crippen molar-refractivity contribution < 1.29 is 14.4 Å². The van der Waals surface area contributed by atoms with Crippen LogP contribution in [0, 0.1) is 5.41 Å². The van der Waals surface area contributed by atoms with E-state index in [2.05, 4.69) is 16.0 Å². The second-order valence-electron chi connectivity index (χ2n) is 10.1.